The molecule has 0 aliphatic rings. The summed E-state index contributed by atoms with van der Waals surface area (Å²) in [6.45, 7) is 1.88. The quantitative estimate of drug-likeness (QED) is 0.643. The number of nitrogens with zero attached hydrogens (tertiary/aromatic N) is 1. The highest BCUT2D eigenvalue weighted by atomic mass is 35.5. The highest BCUT2D eigenvalue weighted by Crippen LogP contribution is 2.25. The highest BCUT2D eigenvalue weighted by Gasteiger charge is 2.27. The van der Waals surface area contributed by atoms with Crippen LogP contribution in [0.25, 0.3) is 0 Å². The maximum atomic E-state index is 12.7. The molecule has 0 saturated carbocycles. The van der Waals surface area contributed by atoms with Crippen molar-refractivity contribution < 1.29 is 13.2 Å². The molecule has 146 valence electrons. The molecule has 0 radical (unpaired) electrons. The van der Waals surface area contributed by atoms with Gasteiger partial charge in [0.15, 0.2) is 0 Å². The van der Waals surface area contributed by atoms with Crippen LogP contribution in [0.5, 0.6) is 0 Å². The number of sulfonamides is 1. The molecule has 0 saturated heterocycles. The minimum absolute atomic E-state index is 0.0242. The summed E-state index contributed by atoms with van der Waals surface area (Å²) >= 11 is 13.4. The van der Waals surface area contributed by atoms with E-state index in [0.717, 1.165) is 5.56 Å². The Balaban J connectivity index is 2.23. The molecule has 0 aliphatic heterocycles. The molecule has 1 aromatic carbocycles. The molecule has 0 aliphatic carbocycles. The second kappa shape index (κ2) is 9.75. The molecule has 1 amide bonds. The lowest BCUT2D eigenvalue weighted by Crippen LogP contribution is -2.44. The number of pyridine rings is 1. The van der Waals surface area contributed by atoms with Crippen LogP contribution in [0.3, 0.4) is 0 Å². The first-order chi connectivity index (χ1) is 12.7. The van der Waals surface area contributed by atoms with Crippen molar-refractivity contribution in [2.45, 2.75) is 24.3 Å². The second-order valence-electron chi connectivity index (χ2n) is 5.74. The van der Waals surface area contributed by atoms with Crippen LogP contribution in [-0.4, -0.2) is 37.4 Å². The fraction of sp³-hybridized carbons (Fsp3) is 0.294. The zero-order valence-electron chi connectivity index (χ0n) is 14.7. The van der Waals surface area contributed by atoms with Crippen LogP contribution in [0.1, 0.15) is 12.0 Å². The Morgan fingerprint density at radius 3 is 2.63 bits per heavy atom. The Morgan fingerprint density at radius 1 is 1.26 bits per heavy atom. The first kappa shape index (κ1) is 22.0. The van der Waals surface area contributed by atoms with E-state index in [1.807, 2.05) is 13.2 Å². The van der Waals surface area contributed by atoms with Crippen LogP contribution in [0.2, 0.25) is 10.0 Å². The van der Waals surface area contributed by atoms with Crippen LogP contribution in [-0.2, 0) is 14.8 Å². The molecule has 1 heterocycles. The van der Waals surface area contributed by atoms with Crippen LogP contribution in [0.4, 0.5) is 5.82 Å². The van der Waals surface area contributed by atoms with Gasteiger partial charge in [-0.3, -0.25) is 4.79 Å². The summed E-state index contributed by atoms with van der Waals surface area (Å²) in [7, 11) is -4.04. The Labute approximate surface area is 173 Å². The Kier molecular flexibility index (Phi) is 7.93. The average Bonchev–Trinajstić information content (AvgIpc) is 2.62. The van der Waals surface area contributed by atoms with Crippen molar-refractivity contribution in [1.29, 1.82) is 0 Å². The Hall–Kier alpha value is -1.32. The van der Waals surface area contributed by atoms with Gasteiger partial charge >= 0.3 is 0 Å². The number of anilines is 1. The predicted molar refractivity (Wildman–Crippen MR) is 111 cm³/mol. The van der Waals surface area contributed by atoms with Gasteiger partial charge in [0.25, 0.3) is 0 Å². The summed E-state index contributed by atoms with van der Waals surface area (Å²) in [5.41, 5.74) is 0.947. The Morgan fingerprint density at radius 2 is 2.00 bits per heavy atom. The fourth-order valence-electron chi connectivity index (χ4n) is 2.17. The number of hydrogen-bond acceptors (Lipinski definition) is 5. The molecule has 1 aromatic heterocycles. The number of aromatic nitrogens is 1. The molecule has 1 unspecified atom stereocenters. The average molecular weight is 448 g/mol. The topological polar surface area (TPSA) is 88.2 Å². The van der Waals surface area contributed by atoms with Crippen molar-refractivity contribution in [3.8, 4) is 0 Å². The SMILES string of the molecule is CSCCC(NS(=O)(=O)c1cc(Cl)ccc1Cl)C(=O)Nc1ccc(C)cn1. The maximum Gasteiger partial charge on any atom is 0.243 e. The van der Waals surface area contributed by atoms with Crippen LogP contribution in [0.15, 0.2) is 41.4 Å². The van der Waals surface area contributed by atoms with Crippen molar-refractivity contribution in [2.75, 3.05) is 17.3 Å². The number of carbonyl (C=O) groups is 1. The summed E-state index contributed by atoms with van der Waals surface area (Å²) in [4.78, 5) is 16.6. The smallest absolute Gasteiger partial charge is 0.243 e. The summed E-state index contributed by atoms with van der Waals surface area (Å²) < 4.78 is 27.9. The molecule has 27 heavy (non-hydrogen) atoms. The van der Waals surface area contributed by atoms with Crippen LogP contribution >= 0.6 is 35.0 Å². The summed E-state index contributed by atoms with van der Waals surface area (Å²) in [6.07, 6.45) is 3.79. The van der Waals surface area contributed by atoms with E-state index in [0.29, 0.717) is 18.0 Å². The lowest BCUT2D eigenvalue weighted by Gasteiger charge is -2.18. The predicted octanol–water partition coefficient (Wildman–Crippen LogP) is 3.74. The van der Waals surface area contributed by atoms with E-state index in [9.17, 15) is 13.2 Å². The van der Waals surface area contributed by atoms with Gasteiger partial charge in [-0.15, -0.1) is 0 Å². The number of nitrogens with one attached hydrogen (secondary N) is 2. The monoisotopic (exact) mass is 447 g/mol. The second-order valence-corrected chi connectivity index (χ2v) is 9.25. The van der Waals surface area contributed by atoms with E-state index in [-0.39, 0.29) is 14.9 Å². The number of benzene rings is 1. The number of halogens is 2. The third-order valence-corrected chi connectivity index (χ3v) is 6.40. The molecular weight excluding hydrogens is 429 g/mol. The highest BCUT2D eigenvalue weighted by molar-refractivity contribution is 7.98. The van der Waals surface area contributed by atoms with Crippen molar-refractivity contribution in [3.63, 3.8) is 0 Å². The molecule has 0 spiro atoms. The Bertz CT molecular complexity index is 906. The maximum absolute atomic E-state index is 12.7. The van der Waals surface area contributed by atoms with E-state index in [4.69, 9.17) is 23.2 Å². The number of hydrogen-bond donors (Lipinski definition) is 2. The molecule has 10 heteroatoms. The largest absolute Gasteiger partial charge is 0.309 e. The normalized spacial score (nSPS) is 12.6. The van der Waals surface area contributed by atoms with Crippen molar-refractivity contribution in [3.05, 3.63) is 52.1 Å². The molecule has 2 N–H and O–H groups in total. The van der Waals surface area contributed by atoms with E-state index in [1.54, 1.807) is 18.3 Å². The van der Waals surface area contributed by atoms with Crippen LogP contribution < -0.4 is 10.0 Å². The van der Waals surface area contributed by atoms with Crippen molar-refractivity contribution in [1.82, 2.24) is 9.71 Å². The van der Waals surface area contributed by atoms with Gasteiger partial charge in [0.05, 0.1) is 5.02 Å². The molecule has 2 aromatic rings. The number of aryl methyl sites for hydroxylation is 1. The van der Waals surface area contributed by atoms with Crippen LogP contribution in [0, 0.1) is 6.92 Å². The van der Waals surface area contributed by atoms with Crippen molar-refractivity contribution >= 4 is 56.7 Å². The number of thioether (sulfide) groups is 1. The van der Waals surface area contributed by atoms with E-state index in [2.05, 4.69) is 15.0 Å². The standard InChI is InChI=1S/C17H19Cl2N3O3S2/c1-11-3-6-16(20-10-11)21-17(23)14(7-8-26-2)22-27(24,25)15-9-12(18)4-5-13(15)19/h3-6,9-10,14,22H,7-8H2,1-2H3,(H,20,21,23). The van der Waals surface area contributed by atoms with Gasteiger partial charge in [0.1, 0.15) is 16.8 Å². The van der Waals surface area contributed by atoms with E-state index < -0.39 is 22.0 Å². The lowest BCUT2D eigenvalue weighted by atomic mass is 10.2. The number of rotatable bonds is 8. The molecule has 0 fully saturated rings. The summed E-state index contributed by atoms with van der Waals surface area (Å²) in [5, 5.41) is 2.89. The fourth-order valence-corrected chi connectivity index (χ4v) is 4.63. The minimum atomic E-state index is -4.04. The first-order valence-electron chi connectivity index (χ1n) is 7.93. The molecule has 1 atom stereocenters. The zero-order valence-corrected chi connectivity index (χ0v) is 17.8. The molecule has 2 rings (SSSR count). The minimum Gasteiger partial charge on any atom is -0.309 e. The lowest BCUT2D eigenvalue weighted by molar-refractivity contribution is -0.117. The third-order valence-electron chi connectivity index (χ3n) is 3.57. The number of carbonyl (C=O) groups excluding carboxylic acids is 1. The zero-order chi connectivity index (χ0) is 20.0. The van der Waals surface area contributed by atoms with Gasteiger partial charge in [0.2, 0.25) is 15.9 Å². The molecule has 6 nitrogen and oxygen atoms in total. The van der Waals surface area contributed by atoms with Gasteiger partial charge in [0, 0.05) is 11.2 Å². The van der Waals surface area contributed by atoms with Gasteiger partial charge in [-0.05, 0) is 55.2 Å². The van der Waals surface area contributed by atoms with E-state index >= 15 is 0 Å². The summed E-state index contributed by atoms with van der Waals surface area (Å²) in [6, 6.07) is 6.60. The first-order valence-corrected chi connectivity index (χ1v) is 11.6. The molecule has 0 bridgehead atoms. The number of amides is 1. The summed E-state index contributed by atoms with van der Waals surface area (Å²) in [5.74, 6) is 0.437. The van der Waals surface area contributed by atoms with Gasteiger partial charge in [-0.25, -0.2) is 13.4 Å². The van der Waals surface area contributed by atoms with Gasteiger partial charge < -0.3 is 5.32 Å². The third kappa shape index (κ3) is 6.36. The van der Waals surface area contributed by atoms with Gasteiger partial charge in [-0.2, -0.15) is 16.5 Å². The van der Waals surface area contributed by atoms with E-state index in [1.165, 1.54) is 30.0 Å². The molecular formula is C17H19Cl2N3O3S2. The van der Waals surface area contributed by atoms with Crippen molar-refractivity contribution in [2.24, 2.45) is 0 Å². The van der Waals surface area contributed by atoms with Gasteiger partial charge in [-0.1, -0.05) is 29.3 Å².